The summed E-state index contributed by atoms with van der Waals surface area (Å²) in [6.07, 6.45) is 3.65. The van der Waals surface area contributed by atoms with Crippen LogP contribution in [0.3, 0.4) is 0 Å². The maximum Gasteiger partial charge on any atom is 0.244 e. The zero-order valence-corrected chi connectivity index (χ0v) is 15.4. The molecule has 0 saturated carbocycles. The van der Waals surface area contributed by atoms with Gasteiger partial charge in [0.25, 0.3) is 0 Å². The highest BCUT2D eigenvalue weighted by molar-refractivity contribution is 5.91. The lowest BCUT2D eigenvalue weighted by atomic mass is 10.1. The molecule has 1 N–H and O–H groups in total. The van der Waals surface area contributed by atoms with Crippen molar-refractivity contribution in [2.75, 3.05) is 24.6 Å². The molecule has 2 aromatic carbocycles. The van der Waals surface area contributed by atoms with Crippen LogP contribution in [0.25, 0.3) is 6.08 Å². The topological polar surface area (TPSA) is 41.6 Å². The first-order valence-corrected chi connectivity index (χ1v) is 9.12. The van der Waals surface area contributed by atoms with Crippen LogP contribution in [0, 0.1) is 0 Å². The number of amides is 1. The number of anilines is 1. The highest BCUT2D eigenvalue weighted by Crippen LogP contribution is 2.22. The average Bonchev–Trinajstić information content (AvgIpc) is 2.67. The molecule has 2 aromatic rings. The van der Waals surface area contributed by atoms with Crippen molar-refractivity contribution in [3.63, 3.8) is 0 Å². The Balaban J connectivity index is 1.62. The normalized spacial score (nSPS) is 18.7. The number of nitrogens with one attached hydrogen (secondary N) is 1. The van der Waals surface area contributed by atoms with Crippen LogP contribution in [0.2, 0.25) is 0 Å². The van der Waals surface area contributed by atoms with Gasteiger partial charge in [-0.15, -0.1) is 0 Å². The molecule has 3 rings (SSSR count). The smallest absolute Gasteiger partial charge is 0.244 e. The summed E-state index contributed by atoms with van der Waals surface area (Å²) in [5, 5.41) is 3.04. The Morgan fingerprint density at radius 1 is 1.23 bits per heavy atom. The zero-order chi connectivity index (χ0) is 18.4. The van der Waals surface area contributed by atoms with Gasteiger partial charge >= 0.3 is 0 Å². The molecule has 0 radical (unpaired) electrons. The van der Waals surface area contributed by atoms with E-state index in [1.54, 1.807) is 6.08 Å². The largest absolute Gasteiger partial charge is 0.375 e. The lowest BCUT2D eigenvalue weighted by Gasteiger charge is -2.33. The molecular weight excluding hydrogens is 324 g/mol. The van der Waals surface area contributed by atoms with E-state index in [1.807, 2.05) is 49.4 Å². The molecule has 0 aromatic heterocycles. The molecular formula is C22H26N2O2. The molecule has 0 spiro atoms. The second-order valence-corrected chi connectivity index (χ2v) is 6.70. The van der Waals surface area contributed by atoms with Crippen molar-refractivity contribution in [1.82, 2.24) is 5.32 Å². The third-order valence-corrected chi connectivity index (χ3v) is 4.56. The summed E-state index contributed by atoms with van der Waals surface area (Å²) in [6, 6.07) is 18.1. The molecule has 2 atom stereocenters. The van der Waals surface area contributed by atoms with Gasteiger partial charge in [-0.1, -0.05) is 42.5 Å². The number of nitrogens with zero attached hydrogens (tertiary/aromatic N) is 1. The predicted molar refractivity (Wildman–Crippen MR) is 106 cm³/mol. The van der Waals surface area contributed by atoms with Gasteiger partial charge in [0.2, 0.25) is 5.91 Å². The monoisotopic (exact) mass is 350 g/mol. The standard InChI is InChI=1S/C22H26N2O2/c1-17-16-24(13-14-26-17)21-10-6-9-20(15-21)18(2)23-22(25)12-11-19-7-4-3-5-8-19/h3-12,15,17-18H,13-14,16H2,1-2H3,(H,23,25)/t17?,18-/m0/s1. The third kappa shape index (κ3) is 4.96. The molecule has 4 heteroatoms. The van der Waals surface area contributed by atoms with Crippen molar-refractivity contribution in [3.8, 4) is 0 Å². The maximum absolute atomic E-state index is 12.2. The van der Waals surface area contributed by atoms with Gasteiger partial charge in [-0.3, -0.25) is 4.79 Å². The molecule has 1 aliphatic heterocycles. The van der Waals surface area contributed by atoms with Crippen LogP contribution >= 0.6 is 0 Å². The molecule has 1 fully saturated rings. The second kappa shape index (κ2) is 8.68. The van der Waals surface area contributed by atoms with Crippen molar-refractivity contribution in [3.05, 3.63) is 71.8 Å². The van der Waals surface area contributed by atoms with Crippen molar-refractivity contribution in [2.24, 2.45) is 0 Å². The summed E-state index contributed by atoms with van der Waals surface area (Å²) in [4.78, 5) is 14.5. The first kappa shape index (κ1) is 18.2. The van der Waals surface area contributed by atoms with Gasteiger partial charge < -0.3 is 15.0 Å². The van der Waals surface area contributed by atoms with Crippen molar-refractivity contribution in [1.29, 1.82) is 0 Å². The number of hydrogen-bond donors (Lipinski definition) is 1. The SMILES string of the molecule is CC1CN(c2cccc([C@H](C)NC(=O)C=Cc3ccccc3)c2)CCO1. The van der Waals surface area contributed by atoms with E-state index < -0.39 is 0 Å². The average molecular weight is 350 g/mol. The Morgan fingerprint density at radius 2 is 2.04 bits per heavy atom. The number of carbonyl (C=O) groups is 1. The van der Waals surface area contributed by atoms with Crippen LogP contribution in [0.1, 0.15) is 31.0 Å². The Morgan fingerprint density at radius 3 is 2.81 bits per heavy atom. The van der Waals surface area contributed by atoms with Crippen LogP contribution in [0.5, 0.6) is 0 Å². The third-order valence-electron chi connectivity index (χ3n) is 4.56. The quantitative estimate of drug-likeness (QED) is 0.834. The number of ether oxygens (including phenoxy) is 1. The molecule has 136 valence electrons. The summed E-state index contributed by atoms with van der Waals surface area (Å²) < 4.78 is 5.62. The summed E-state index contributed by atoms with van der Waals surface area (Å²) in [6.45, 7) is 6.65. The molecule has 4 nitrogen and oxygen atoms in total. The fraction of sp³-hybridized carbons (Fsp3) is 0.318. The fourth-order valence-electron chi connectivity index (χ4n) is 3.12. The van der Waals surface area contributed by atoms with E-state index in [0.29, 0.717) is 0 Å². The van der Waals surface area contributed by atoms with Crippen molar-refractivity contribution >= 4 is 17.7 Å². The molecule has 1 heterocycles. The minimum Gasteiger partial charge on any atom is -0.375 e. The van der Waals surface area contributed by atoms with Gasteiger partial charge in [0.1, 0.15) is 0 Å². The van der Waals surface area contributed by atoms with E-state index in [0.717, 1.165) is 30.8 Å². The first-order chi connectivity index (χ1) is 12.6. The Labute approximate surface area is 155 Å². The van der Waals surface area contributed by atoms with Crippen molar-refractivity contribution in [2.45, 2.75) is 26.0 Å². The lowest BCUT2D eigenvalue weighted by Crippen LogP contribution is -2.41. The Kier molecular flexibility index (Phi) is 6.08. The molecule has 1 saturated heterocycles. The summed E-state index contributed by atoms with van der Waals surface area (Å²) in [7, 11) is 0. The van der Waals surface area contributed by atoms with Crippen LogP contribution in [0.15, 0.2) is 60.7 Å². The van der Waals surface area contributed by atoms with Crippen molar-refractivity contribution < 1.29 is 9.53 Å². The lowest BCUT2D eigenvalue weighted by molar-refractivity contribution is -0.117. The predicted octanol–water partition coefficient (Wildman–Crippen LogP) is 3.80. The molecule has 1 amide bonds. The van der Waals surface area contributed by atoms with Crippen LogP contribution in [0.4, 0.5) is 5.69 Å². The van der Waals surface area contributed by atoms with E-state index in [1.165, 1.54) is 5.69 Å². The van der Waals surface area contributed by atoms with E-state index in [9.17, 15) is 4.79 Å². The highest BCUT2D eigenvalue weighted by Gasteiger charge is 2.18. The second-order valence-electron chi connectivity index (χ2n) is 6.70. The van der Waals surface area contributed by atoms with Gasteiger partial charge in [0, 0.05) is 24.9 Å². The highest BCUT2D eigenvalue weighted by atomic mass is 16.5. The molecule has 0 bridgehead atoms. The minimum absolute atomic E-state index is 0.0543. The Hall–Kier alpha value is -2.59. The minimum atomic E-state index is -0.0910. The number of morpholine rings is 1. The number of hydrogen-bond acceptors (Lipinski definition) is 3. The molecule has 1 unspecified atom stereocenters. The zero-order valence-electron chi connectivity index (χ0n) is 15.4. The van der Waals surface area contributed by atoms with E-state index in [-0.39, 0.29) is 18.1 Å². The van der Waals surface area contributed by atoms with Crippen LogP contribution in [-0.4, -0.2) is 31.7 Å². The van der Waals surface area contributed by atoms with Gasteiger partial charge in [0.05, 0.1) is 18.8 Å². The molecule has 0 aliphatic carbocycles. The van der Waals surface area contributed by atoms with Crippen LogP contribution in [-0.2, 0) is 9.53 Å². The summed E-state index contributed by atoms with van der Waals surface area (Å²) in [5.41, 5.74) is 3.29. The van der Waals surface area contributed by atoms with E-state index in [4.69, 9.17) is 4.74 Å². The fourth-order valence-corrected chi connectivity index (χ4v) is 3.12. The number of carbonyl (C=O) groups excluding carboxylic acids is 1. The van der Waals surface area contributed by atoms with Gasteiger partial charge in [-0.05, 0) is 43.2 Å². The van der Waals surface area contributed by atoms with Gasteiger partial charge in [-0.25, -0.2) is 0 Å². The number of rotatable bonds is 5. The number of benzene rings is 2. The molecule has 26 heavy (non-hydrogen) atoms. The van der Waals surface area contributed by atoms with E-state index >= 15 is 0 Å². The van der Waals surface area contributed by atoms with E-state index in [2.05, 4.69) is 35.3 Å². The van der Waals surface area contributed by atoms with Crippen LogP contribution < -0.4 is 10.2 Å². The first-order valence-electron chi connectivity index (χ1n) is 9.12. The summed E-state index contributed by atoms with van der Waals surface area (Å²) >= 11 is 0. The van der Waals surface area contributed by atoms with Gasteiger partial charge in [0.15, 0.2) is 0 Å². The maximum atomic E-state index is 12.2. The van der Waals surface area contributed by atoms with Gasteiger partial charge in [-0.2, -0.15) is 0 Å². The Bertz CT molecular complexity index is 758. The molecule has 1 aliphatic rings. The summed E-state index contributed by atoms with van der Waals surface area (Å²) in [5.74, 6) is -0.0910.